The van der Waals surface area contributed by atoms with E-state index in [1.165, 1.54) is 24.7 Å². The van der Waals surface area contributed by atoms with Crippen LogP contribution in [-0.4, -0.2) is 188 Å². The fourth-order valence-corrected chi connectivity index (χ4v) is 17.5. The van der Waals surface area contributed by atoms with Crippen LogP contribution in [0.5, 0.6) is 0 Å². The lowest BCUT2D eigenvalue weighted by molar-refractivity contribution is -0.137. The Hall–Kier alpha value is -18.5. The Balaban J connectivity index is 0.000000156. The number of Topliss-reactive ketones (excluding diaryl/α,β-unsaturated/α-hetero) is 5. The third kappa shape index (κ3) is 28.7. The number of halogens is 1. The van der Waals surface area contributed by atoms with E-state index < -0.39 is 124 Å². The van der Waals surface area contributed by atoms with E-state index in [0.29, 0.717) is 58.0 Å². The van der Waals surface area contributed by atoms with Crippen LogP contribution in [0.2, 0.25) is 0 Å². The van der Waals surface area contributed by atoms with Gasteiger partial charge in [0, 0.05) is 91.6 Å². The zero-order valence-electron chi connectivity index (χ0n) is 77.6. The molecule has 5 unspecified atom stereocenters. The quantitative estimate of drug-likeness (QED) is 0.0166. The van der Waals surface area contributed by atoms with Crippen LogP contribution in [0.15, 0.2) is 292 Å². The minimum absolute atomic E-state index is 0.00290. The smallest absolute Gasteiger partial charge is 0.287 e. The summed E-state index contributed by atoms with van der Waals surface area (Å²) in [7, 11) is 0. The molecule has 5 atom stereocenters. The highest BCUT2D eigenvalue weighted by atomic mass is 32.1. The number of rotatable bonds is 37. The van der Waals surface area contributed by atoms with E-state index in [2.05, 4.69) is 85.3 Å². The number of carbonyl (C=O) groups is 16. The van der Waals surface area contributed by atoms with Gasteiger partial charge in [0.15, 0.2) is 28.5 Å². The summed E-state index contributed by atoms with van der Waals surface area (Å²) in [5.41, 5.74) is 36.8. The van der Waals surface area contributed by atoms with E-state index in [1.54, 1.807) is 182 Å². The van der Waals surface area contributed by atoms with Crippen molar-refractivity contribution in [3.05, 3.63) is 376 Å². The standard InChI is InChI=1S/C28H23N5O4S.C20H17FN4O3S.C19H16N4O3S.C18H15N5O3S.C17H14N6O3S/c29-26(35)25(34)22(13-17-7-3-1-4-8-17)30-27(36)24-23(31-38-32-24)19-11-12-20-16-33(28(37)21(20)14-19)15-18-9-5-2-6-10-18;1-11-13(8-5-9-14(11)21)16-17(25-29-24-16)20(28)23-15(18(26)19(22)27)10-12-6-3-2-4-7-12;20-18(25)17(24)14(11-12-7-3-1-4-8-12)21-19(26)16-15(22-27-23-16)13-9-5-2-6-10-13;19-17(25)16(24)13(9-11-5-2-1-3-6-11)21-18(26)15-14(22-27-23-15)12-7-4-8-20-10-12;18-16(25)15(24)12(8-10-4-2-1-3-5-10)21-17(26)14-13(22-27-23-14)11-6-7-19-9-20-11/h1-12,14,22H,13,15-16H2,(H2,29,35)(H,30,36);2-9,15H,10H2,1H3,(H2,22,27)(H,23,28);1-10,14H,11H2,(H2,20,25)(H,21,26);1-8,10,13H,9H2,(H2,19,25)(H,21,26);1-7,9,12H,8H2,(H2,18,25)(H,21,26). The Kier molecular flexibility index (Phi) is 37.5. The van der Waals surface area contributed by atoms with E-state index in [0.717, 1.165) is 103 Å². The molecule has 0 radical (unpaired) electrons. The molecule has 8 heterocycles. The summed E-state index contributed by atoms with van der Waals surface area (Å²) in [4.78, 5) is 209. The summed E-state index contributed by atoms with van der Waals surface area (Å²) < 4.78 is 54.9. The Morgan fingerprint density at radius 2 is 0.642 bits per heavy atom. The van der Waals surface area contributed by atoms with Gasteiger partial charge in [0.1, 0.15) is 70.8 Å². The number of aromatic nitrogens is 13. The highest BCUT2D eigenvalue weighted by molar-refractivity contribution is 7.00. The predicted molar refractivity (Wildman–Crippen MR) is 543 cm³/mol. The van der Waals surface area contributed by atoms with Gasteiger partial charge in [-0.15, -0.1) is 0 Å². The lowest BCUT2D eigenvalue weighted by atomic mass is 10.0. The normalized spacial score (nSPS) is 12.0. The molecule has 1 aliphatic rings. The van der Waals surface area contributed by atoms with Gasteiger partial charge in [-0.1, -0.05) is 237 Å². The van der Waals surface area contributed by atoms with Gasteiger partial charge in [0.25, 0.3) is 65.0 Å². The zero-order chi connectivity index (χ0) is 105. The highest BCUT2D eigenvalue weighted by Gasteiger charge is 2.37. The van der Waals surface area contributed by atoms with E-state index in [1.807, 2.05) is 97.1 Å². The zero-order valence-corrected chi connectivity index (χ0v) is 81.7. The molecule has 148 heavy (non-hydrogen) atoms. The molecule has 0 aliphatic carbocycles. The molecule has 40 nitrogen and oxygen atoms in total. The molecule has 0 saturated carbocycles. The predicted octanol–water partition coefficient (Wildman–Crippen LogP) is 7.79. The summed E-state index contributed by atoms with van der Waals surface area (Å²) >= 11 is 4.23. The van der Waals surface area contributed by atoms with Gasteiger partial charge in [0.2, 0.25) is 28.9 Å². The fourth-order valence-electron chi connectivity index (χ4n) is 14.7. The molecule has 0 fully saturated rings. The maximum Gasteiger partial charge on any atom is 0.287 e. The van der Waals surface area contributed by atoms with Gasteiger partial charge in [-0.25, -0.2) is 14.4 Å². The maximum atomic E-state index is 13.9. The molecule has 15 N–H and O–H groups in total. The van der Waals surface area contributed by atoms with Crippen LogP contribution in [-0.2, 0) is 93.1 Å². The van der Waals surface area contributed by atoms with Crippen molar-refractivity contribution in [2.45, 2.75) is 82.3 Å². The van der Waals surface area contributed by atoms with Gasteiger partial charge >= 0.3 is 0 Å². The van der Waals surface area contributed by atoms with Crippen LogP contribution in [0.4, 0.5) is 4.39 Å². The number of ketones is 5. The molecular weight excluding hydrogens is 2000 g/mol. The Bertz CT molecular complexity index is 7120. The Morgan fingerprint density at radius 3 is 0.986 bits per heavy atom. The van der Waals surface area contributed by atoms with Crippen molar-refractivity contribution in [1.29, 1.82) is 0 Å². The fraction of sp³-hybridized carbons (Fsp3) is 0.127. The van der Waals surface area contributed by atoms with Gasteiger partial charge in [-0.3, -0.25) is 81.7 Å². The van der Waals surface area contributed by atoms with E-state index in [4.69, 9.17) is 28.7 Å². The number of nitrogens with two attached hydrogens (primary N) is 5. The van der Waals surface area contributed by atoms with Crippen LogP contribution in [0.3, 0.4) is 0 Å². The average molecular weight is 2080 g/mol. The van der Waals surface area contributed by atoms with Crippen molar-refractivity contribution in [1.82, 2.24) is 90.2 Å². The first kappa shape index (κ1) is 107. The Morgan fingerprint density at radius 1 is 0.324 bits per heavy atom. The number of fused-ring (bicyclic) bond motifs is 1. The molecule has 7 aromatic heterocycles. The lowest BCUT2D eigenvalue weighted by Crippen LogP contribution is -2.47. The molecule has 17 rings (SSSR count). The lowest BCUT2D eigenvalue weighted by Gasteiger charge is -2.16. The summed E-state index contributed by atoms with van der Waals surface area (Å²) in [5, 5.41) is 12.8. The molecule has 11 amide bonds. The number of carbonyl (C=O) groups excluding carboxylic acids is 16. The van der Waals surface area contributed by atoms with Crippen molar-refractivity contribution in [3.8, 4) is 56.4 Å². The van der Waals surface area contributed by atoms with E-state index in [9.17, 15) is 81.1 Å². The average Bonchev–Trinajstić information content (AvgIpc) is 1.63. The van der Waals surface area contributed by atoms with Crippen molar-refractivity contribution in [2.24, 2.45) is 28.7 Å². The topological polar surface area (TPSA) is 634 Å². The van der Waals surface area contributed by atoms with Crippen LogP contribution in [0.25, 0.3) is 56.4 Å². The van der Waals surface area contributed by atoms with E-state index >= 15 is 0 Å². The molecule has 0 spiro atoms. The first-order valence-corrected chi connectivity index (χ1v) is 48.1. The van der Waals surface area contributed by atoms with Gasteiger partial charge in [-0.05, 0) is 81.8 Å². The molecule has 0 bridgehead atoms. The first-order chi connectivity index (χ1) is 71.5. The summed E-state index contributed by atoms with van der Waals surface area (Å²) in [6.45, 7) is 2.55. The van der Waals surface area contributed by atoms with Crippen molar-refractivity contribution in [2.75, 3.05) is 0 Å². The van der Waals surface area contributed by atoms with Crippen LogP contribution >= 0.6 is 58.6 Å². The number of hydrogen-bond acceptors (Lipinski definition) is 34. The largest absolute Gasteiger partial charge is 0.363 e. The molecular formula is C102H85FN24O16S5. The highest BCUT2D eigenvalue weighted by Crippen LogP contribution is 2.33. The van der Waals surface area contributed by atoms with Crippen LogP contribution < -0.4 is 55.3 Å². The van der Waals surface area contributed by atoms with E-state index in [-0.39, 0.29) is 83.6 Å². The first-order valence-electron chi connectivity index (χ1n) is 44.5. The molecule has 9 aromatic carbocycles. The van der Waals surface area contributed by atoms with Crippen molar-refractivity contribution < 1.29 is 81.1 Å². The second-order valence-corrected chi connectivity index (χ2v) is 34.8. The van der Waals surface area contributed by atoms with Crippen LogP contribution in [0, 0.1) is 12.7 Å². The summed E-state index contributed by atoms with van der Waals surface area (Å²) in [5.74, 6) is -13.8. The summed E-state index contributed by atoms with van der Waals surface area (Å²) in [6.07, 6.45) is 6.57. The summed E-state index contributed by atoms with van der Waals surface area (Å²) in [6, 6.07) is 73.0. The van der Waals surface area contributed by atoms with Crippen LogP contribution in [0.1, 0.15) is 107 Å². The number of pyridine rings is 1. The third-order valence-electron chi connectivity index (χ3n) is 22.1. The number of nitrogens with one attached hydrogen (secondary N) is 5. The molecule has 0 saturated heterocycles. The number of primary amides is 5. The minimum atomic E-state index is -1.16. The second kappa shape index (κ2) is 51.9. The number of benzene rings is 9. The number of amides is 11. The SMILES string of the molecule is Cc1c(F)cccc1-c1nsnc1C(=O)NC(Cc1ccccc1)C(=O)C(N)=O.NC(=O)C(=O)C(Cc1ccccc1)NC(=O)c1nsnc1-c1ccc2c(c1)C(=O)N(Cc1ccccc1)C2.NC(=O)C(=O)C(Cc1ccccc1)NC(=O)c1nsnc1-c1ccccc1.NC(=O)C(=O)C(Cc1ccccc1)NC(=O)c1nsnc1-c1cccnc1.NC(=O)C(=O)C(Cc1ccccc1)NC(=O)c1nsnc1-c1ccncn1. The van der Waals surface area contributed by atoms with Gasteiger partial charge < -0.3 is 60.2 Å². The minimum Gasteiger partial charge on any atom is -0.363 e. The monoisotopic (exact) mass is 2080 g/mol. The molecule has 46 heteroatoms. The molecule has 16 aromatic rings. The van der Waals surface area contributed by atoms with Crippen molar-refractivity contribution >= 4 is 153 Å². The number of nitrogens with zero attached hydrogens (tertiary/aromatic N) is 14. The number of hydrogen-bond donors (Lipinski definition) is 10. The maximum absolute atomic E-state index is 13.9. The van der Waals surface area contributed by atoms with Crippen molar-refractivity contribution in [3.63, 3.8) is 0 Å². The molecule has 746 valence electrons. The third-order valence-corrected chi connectivity index (χ3v) is 24.7. The second-order valence-electron chi connectivity index (χ2n) is 32.2. The van der Waals surface area contributed by atoms with Gasteiger partial charge in [-0.2, -0.15) is 43.7 Å². The van der Waals surface area contributed by atoms with Gasteiger partial charge in [0.05, 0.1) is 64.3 Å². The Labute approximate surface area is 861 Å². The molecule has 1 aliphatic heterocycles.